The number of nitrogens with one attached hydrogen (secondary N) is 2. The summed E-state index contributed by atoms with van der Waals surface area (Å²) in [4.78, 5) is 24.1. The van der Waals surface area contributed by atoms with Gasteiger partial charge in [-0.05, 0) is 31.5 Å². The fourth-order valence-electron chi connectivity index (χ4n) is 2.38. The molecule has 0 aliphatic heterocycles. The Morgan fingerprint density at radius 2 is 1.84 bits per heavy atom. The SMILES string of the molecule is CCOC(=O)N[C@@H](CC(=O)Nc1cccc(F)c1C)c1ccccc1. The van der Waals surface area contributed by atoms with Crippen molar-refractivity contribution in [1.82, 2.24) is 5.32 Å². The van der Waals surface area contributed by atoms with E-state index in [9.17, 15) is 14.0 Å². The number of benzene rings is 2. The number of alkyl carbamates (subject to hydrolysis) is 1. The van der Waals surface area contributed by atoms with Crippen molar-refractivity contribution in [2.45, 2.75) is 26.3 Å². The minimum atomic E-state index is -0.592. The fourth-order valence-corrected chi connectivity index (χ4v) is 2.38. The number of hydrogen-bond donors (Lipinski definition) is 2. The fraction of sp³-hybridized carbons (Fsp3) is 0.263. The molecule has 25 heavy (non-hydrogen) atoms. The summed E-state index contributed by atoms with van der Waals surface area (Å²) in [5, 5.41) is 5.37. The van der Waals surface area contributed by atoms with Crippen molar-refractivity contribution in [2.24, 2.45) is 0 Å². The molecule has 0 saturated carbocycles. The minimum absolute atomic E-state index is 0.00121. The number of halogens is 1. The number of hydrogen-bond acceptors (Lipinski definition) is 3. The number of carbonyl (C=O) groups excluding carboxylic acids is 2. The molecule has 6 heteroatoms. The van der Waals surface area contributed by atoms with E-state index in [1.54, 1.807) is 19.9 Å². The molecule has 0 unspecified atom stereocenters. The summed E-state index contributed by atoms with van der Waals surface area (Å²) in [6.45, 7) is 3.54. The molecule has 0 aromatic heterocycles. The van der Waals surface area contributed by atoms with E-state index in [0.29, 0.717) is 11.3 Å². The predicted molar refractivity (Wildman–Crippen MR) is 93.7 cm³/mol. The summed E-state index contributed by atoms with van der Waals surface area (Å²) >= 11 is 0. The van der Waals surface area contributed by atoms with Crippen LogP contribution in [0.15, 0.2) is 48.5 Å². The van der Waals surface area contributed by atoms with Gasteiger partial charge >= 0.3 is 6.09 Å². The number of amides is 2. The molecule has 2 amide bonds. The molecule has 2 N–H and O–H groups in total. The molecule has 132 valence electrons. The molecule has 0 bridgehead atoms. The highest BCUT2D eigenvalue weighted by atomic mass is 19.1. The first kappa shape index (κ1) is 18.4. The molecule has 0 saturated heterocycles. The van der Waals surface area contributed by atoms with Crippen LogP contribution in [0.2, 0.25) is 0 Å². The van der Waals surface area contributed by atoms with E-state index in [1.807, 2.05) is 30.3 Å². The van der Waals surface area contributed by atoms with Gasteiger partial charge in [-0.25, -0.2) is 9.18 Å². The lowest BCUT2D eigenvalue weighted by atomic mass is 10.0. The van der Waals surface area contributed by atoms with Crippen LogP contribution in [0.3, 0.4) is 0 Å². The number of rotatable bonds is 6. The van der Waals surface area contributed by atoms with Crippen molar-refractivity contribution in [3.8, 4) is 0 Å². The summed E-state index contributed by atoms with van der Waals surface area (Å²) in [5.74, 6) is -0.721. The topological polar surface area (TPSA) is 67.4 Å². The van der Waals surface area contributed by atoms with Crippen molar-refractivity contribution in [1.29, 1.82) is 0 Å². The van der Waals surface area contributed by atoms with E-state index in [4.69, 9.17) is 4.74 Å². The van der Waals surface area contributed by atoms with Crippen LogP contribution in [-0.4, -0.2) is 18.6 Å². The largest absolute Gasteiger partial charge is 0.450 e. The van der Waals surface area contributed by atoms with Crippen molar-refractivity contribution in [3.05, 3.63) is 65.5 Å². The van der Waals surface area contributed by atoms with Crippen LogP contribution < -0.4 is 10.6 Å². The summed E-state index contributed by atoms with van der Waals surface area (Å²) in [5.41, 5.74) is 1.56. The first-order valence-electron chi connectivity index (χ1n) is 8.04. The highest BCUT2D eigenvalue weighted by Crippen LogP contribution is 2.21. The molecule has 0 aliphatic rings. The molecule has 0 heterocycles. The Morgan fingerprint density at radius 3 is 2.52 bits per heavy atom. The molecular weight excluding hydrogens is 323 g/mol. The van der Waals surface area contributed by atoms with Gasteiger partial charge in [0, 0.05) is 11.3 Å². The molecule has 1 atom stereocenters. The van der Waals surface area contributed by atoms with Crippen LogP contribution in [0.25, 0.3) is 0 Å². The third kappa shape index (κ3) is 5.31. The predicted octanol–water partition coefficient (Wildman–Crippen LogP) is 3.95. The standard InChI is InChI=1S/C19H21FN2O3/c1-3-25-19(24)22-17(14-8-5-4-6-9-14)12-18(23)21-16-11-7-10-15(20)13(16)2/h4-11,17H,3,12H2,1-2H3,(H,21,23)(H,22,24)/t17-/m0/s1. The Kier molecular flexibility index (Phi) is 6.51. The Bertz CT molecular complexity index is 735. The first-order valence-corrected chi connectivity index (χ1v) is 8.04. The maximum Gasteiger partial charge on any atom is 0.407 e. The molecule has 5 nitrogen and oxygen atoms in total. The molecule has 0 fully saturated rings. The van der Waals surface area contributed by atoms with Gasteiger partial charge in [0.2, 0.25) is 5.91 Å². The second-order valence-corrected chi connectivity index (χ2v) is 5.49. The summed E-state index contributed by atoms with van der Waals surface area (Å²) in [6, 6.07) is 13.1. The normalized spacial score (nSPS) is 11.5. The third-order valence-electron chi connectivity index (χ3n) is 3.70. The number of carbonyl (C=O) groups is 2. The van der Waals surface area contributed by atoms with E-state index in [1.165, 1.54) is 12.1 Å². The molecule has 0 spiro atoms. The highest BCUT2D eigenvalue weighted by molar-refractivity contribution is 5.92. The zero-order valence-corrected chi connectivity index (χ0v) is 14.2. The first-order chi connectivity index (χ1) is 12.0. The Hall–Kier alpha value is -2.89. The summed E-state index contributed by atoms with van der Waals surface area (Å²) < 4.78 is 18.5. The maximum atomic E-state index is 13.6. The van der Waals surface area contributed by atoms with Gasteiger partial charge in [0.05, 0.1) is 19.1 Å². The lowest BCUT2D eigenvalue weighted by molar-refractivity contribution is -0.116. The smallest absolute Gasteiger partial charge is 0.407 e. The van der Waals surface area contributed by atoms with Crippen LogP contribution in [0.1, 0.15) is 30.5 Å². The molecule has 2 rings (SSSR count). The Labute approximate surface area is 146 Å². The van der Waals surface area contributed by atoms with Gasteiger partial charge in [0.25, 0.3) is 0 Å². The Morgan fingerprint density at radius 1 is 1.12 bits per heavy atom. The number of ether oxygens (including phenoxy) is 1. The third-order valence-corrected chi connectivity index (χ3v) is 3.70. The van der Waals surface area contributed by atoms with Gasteiger partial charge in [-0.15, -0.1) is 0 Å². The second-order valence-electron chi connectivity index (χ2n) is 5.49. The zero-order chi connectivity index (χ0) is 18.2. The van der Waals surface area contributed by atoms with Gasteiger partial charge < -0.3 is 15.4 Å². The van der Waals surface area contributed by atoms with Crippen LogP contribution in [0.4, 0.5) is 14.9 Å². The van der Waals surface area contributed by atoms with Crippen molar-refractivity contribution in [3.63, 3.8) is 0 Å². The molecular formula is C19H21FN2O3. The Balaban J connectivity index is 2.11. The van der Waals surface area contributed by atoms with E-state index in [2.05, 4.69) is 10.6 Å². The van der Waals surface area contributed by atoms with E-state index < -0.39 is 12.1 Å². The van der Waals surface area contributed by atoms with Crippen LogP contribution in [-0.2, 0) is 9.53 Å². The maximum absolute atomic E-state index is 13.6. The highest BCUT2D eigenvalue weighted by Gasteiger charge is 2.19. The van der Waals surface area contributed by atoms with E-state index in [0.717, 1.165) is 5.56 Å². The minimum Gasteiger partial charge on any atom is -0.450 e. The van der Waals surface area contributed by atoms with Crippen molar-refractivity contribution in [2.75, 3.05) is 11.9 Å². The average molecular weight is 344 g/mol. The molecule has 0 radical (unpaired) electrons. The molecule has 0 aliphatic carbocycles. The van der Waals surface area contributed by atoms with Crippen LogP contribution in [0, 0.1) is 12.7 Å². The molecule has 2 aromatic carbocycles. The van der Waals surface area contributed by atoms with E-state index >= 15 is 0 Å². The van der Waals surface area contributed by atoms with Crippen molar-refractivity contribution < 1.29 is 18.7 Å². The quantitative estimate of drug-likeness (QED) is 0.834. The van der Waals surface area contributed by atoms with Gasteiger partial charge in [0.1, 0.15) is 5.82 Å². The summed E-state index contributed by atoms with van der Waals surface area (Å²) in [7, 11) is 0. The summed E-state index contributed by atoms with van der Waals surface area (Å²) in [6.07, 6.45) is -0.593. The average Bonchev–Trinajstić information content (AvgIpc) is 2.59. The second kappa shape index (κ2) is 8.82. The van der Waals surface area contributed by atoms with Crippen LogP contribution >= 0.6 is 0 Å². The van der Waals surface area contributed by atoms with Gasteiger partial charge in [0.15, 0.2) is 0 Å². The lowest BCUT2D eigenvalue weighted by Crippen LogP contribution is -2.32. The molecule has 2 aromatic rings. The lowest BCUT2D eigenvalue weighted by Gasteiger charge is -2.19. The van der Waals surface area contributed by atoms with Gasteiger partial charge in [-0.1, -0.05) is 36.4 Å². The van der Waals surface area contributed by atoms with Gasteiger partial charge in [-0.2, -0.15) is 0 Å². The van der Waals surface area contributed by atoms with E-state index in [-0.39, 0.29) is 24.8 Å². The monoisotopic (exact) mass is 344 g/mol. The zero-order valence-electron chi connectivity index (χ0n) is 14.2. The van der Waals surface area contributed by atoms with Crippen LogP contribution in [0.5, 0.6) is 0 Å². The van der Waals surface area contributed by atoms with Crippen molar-refractivity contribution >= 4 is 17.7 Å². The number of anilines is 1. The van der Waals surface area contributed by atoms with Gasteiger partial charge in [-0.3, -0.25) is 4.79 Å².